The molecular weight excluding hydrogens is 220 g/mol. The number of rotatable bonds is 5. The highest BCUT2D eigenvalue weighted by atomic mass is 16.3. The van der Waals surface area contributed by atoms with Crippen LogP contribution in [0.15, 0.2) is 0 Å². The molecule has 0 aromatic carbocycles. The fourth-order valence-corrected chi connectivity index (χ4v) is 1.93. The lowest BCUT2D eigenvalue weighted by atomic mass is 9.92. The van der Waals surface area contributed by atoms with Crippen LogP contribution in [0.1, 0.15) is 39.5 Å². The van der Waals surface area contributed by atoms with E-state index < -0.39 is 0 Å². The molecule has 0 radical (unpaired) electrons. The Morgan fingerprint density at radius 2 is 2.35 bits per heavy atom. The molecule has 0 saturated carbocycles. The molecule has 1 heterocycles. The van der Waals surface area contributed by atoms with Crippen LogP contribution in [0.25, 0.3) is 0 Å². The van der Waals surface area contributed by atoms with E-state index >= 15 is 0 Å². The fraction of sp³-hybridized carbons (Fsp3) is 0.833. The first-order valence-corrected chi connectivity index (χ1v) is 6.20. The summed E-state index contributed by atoms with van der Waals surface area (Å²) in [4.78, 5) is 23.0. The molecule has 1 rings (SSSR count). The van der Waals surface area contributed by atoms with Crippen LogP contribution in [-0.4, -0.2) is 35.6 Å². The van der Waals surface area contributed by atoms with Crippen LogP contribution in [0.5, 0.6) is 0 Å². The molecule has 2 amide bonds. The van der Waals surface area contributed by atoms with Gasteiger partial charge in [-0.3, -0.25) is 9.59 Å². The molecule has 0 aromatic rings. The summed E-state index contributed by atoms with van der Waals surface area (Å²) in [7, 11) is 0. The molecule has 2 unspecified atom stereocenters. The summed E-state index contributed by atoms with van der Waals surface area (Å²) in [6, 6.07) is 0. The summed E-state index contributed by atoms with van der Waals surface area (Å²) in [5.41, 5.74) is -0.354. The minimum absolute atomic E-state index is 0.0164. The molecule has 0 spiro atoms. The van der Waals surface area contributed by atoms with Crippen molar-refractivity contribution in [3.8, 4) is 0 Å². The quantitative estimate of drug-likeness (QED) is 0.643. The third-order valence-electron chi connectivity index (χ3n) is 3.51. The van der Waals surface area contributed by atoms with Crippen molar-refractivity contribution >= 4 is 11.8 Å². The molecule has 3 N–H and O–H groups in total. The topological polar surface area (TPSA) is 78.4 Å². The van der Waals surface area contributed by atoms with Crippen molar-refractivity contribution in [1.29, 1.82) is 0 Å². The van der Waals surface area contributed by atoms with Crippen LogP contribution in [0.2, 0.25) is 0 Å². The molecule has 1 aliphatic rings. The van der Waals surface area contributed by atoms with Crippen molar-refractivity contribution in [3.63, 3.8) is 0 Å². The molecule has 5 nitrogen and oxygen atoms in total. The maximum Gasteiger partial charge on any atom is 0.225 e. The average Bonchev–Trinajstić information content (AvgIpc) is 2.30. The van der Waals surface area contributed by atoms with Crippen LogP contribution >= 0.6 is 0 Å². The maximum atomic E-state index is 12.0. The summed E-state index contributed by atoms with van der Waals surface area (Å²) in [6.45, 7) is 4.40. The first kappa shape index (κ1) is 14.0. The van der Waals surface area contributed by atoms with Gasteiger partial charge in [-0.1, -0.05) is 6.92 Å². The van der Waals surface area contributed by atoms with E-state index in [0.717, 1.165) is 6.42 Å². The van der Waals surface area contributed by atoms with Crippen LogP contribution in [0, 0.1) is 5.92 Å². The van der Waals surface area contributed by atoms with Gasteiger partial charge in [-0.05, 0) is 26.2 Å². The van der Waals surface area contributed by atoms with Crippen molar-refractivity contribution in [2.45, 2.75) is 45.1 Å². The van der Waals surface area contributed by atoms with E-state index in [2.05, 4.69) is 10.6 Å². The van der Waals surface area contributed by atoms with Gasteiger partial charge in [-0.15, -0.1) is 0 Å². The Labute approximate surface area is 102 Å². The number of piperidine rings is 1. The van der Waals surface area contributed by atoms with Crippen molar-refractivity contribution in [2.24, 2.45) is 5.92 Å². The third kappa shape index (κ3) is 4.00. The number of amides is 2. The van der Waals surface area contributed by atoms with Crippen LogP contribution in [0.3, 0.4) is 0 Å². The molecule has 5 heteroatoms. The first-order chi connectivity index (χ1) is 8.00. The lowest BCUT2D eigenvalue weighted by Crippen LogP contribution is -2.51. The van der Waals surface area contributed by atoms with Gasteiger partial charge < -0.3 is 15.7 Å². The monoisotopic (exact) mass is 242 g/mol. The number of nitrogens with one attached hydrogen (secondary N) is 2. The van der Waals surface area contributed by atoms with E-state index in [-0.39, 0.29) is 29.9 Å². The Bertz CT molecular complexity index is 283. The van der Waals surface area contributed by atoms with Gasteiger partial charge in [-0.2, -0.15) is 0 Å². The van der Waals surface area contributed by atoms with E-state index in [0.29, 0.717) is 25.8 Å². The van der Waals surface area contributed by atoms with Gasteiger partial charge in [0.25, 0.3) is 0 Å². The van der Waals surface area contributed by atoms with Gasteiger partial charge in [0.2, 0.25) is 11.8 Å². The second kappa shape index (κ2) is 6.00. The Kier molecular flexibility index (Phi) is 4.93. The summed E-state index contributed by atoms with van der Waals surface area (Å²) in [5, 5.41) is 14.7. The number of aliphatic hydroxyl groups excluding tert-OH is 1. The zero-order valence-electron chi connectivity index (χ0n) is 10.6. The van der Waals surface area contributed by atoms with E-state index in [9.17, 15) is 9.59 Å². The van der Waals surface area contributed by atoms with Gasteiger partial charge in [0, 0.05) is 25.1 Å². The van der Waals surface area contributed by atoms with Gasteiger partial charge in [0.15, 0.2) is 0 Å². The normalized spacial score (nSPS) is 23.7. The number of aliphatic hydroxyl groups is 1. The number of carbonyl (C=O) groups excluding carboxylic acids is 2. The Morgan fingerprint density at radius 1 is 1.65 bits per heavy atom. The summed E-state index contributed by atoms with van der Waals surface area (Å²) >= 11 is 0. The second-order valence-corrected chi connectivity index (χ2v) is 4.92. The molecule has 1 aliphatic heterocycles. The van der Waals surface area contributed by atoms with Crippen molar-refractivity contribution in [2.75, 3.05) is 13.2 Å². The van der Waals surface area contributed by atoms with Crippen LogP contribution < -0.4 is 10.6 Å². The van der Waals surface area contributed by atoms with Crippen molar-refractivity contribution in [1.82, 2.24) is 10.6 Å². The number of carbonyl (C=O) groups is 2. The largest absolute Gasteiger partial charge is 0.396 e. The van der Waals surface area contributed by atoms with Gasteiger partial charge >= 0.3 is 0 Å². The second-order valence-electron chi connectivity index (χ2n) is 4.92. The third-order valence-corrected chi connectivity index (χ3v) is 3.51. The van der Waals surface area contributed by atoms with E-state index in [4.69, 9.17) is 5.11 Å². The standard InChI is InChI=1S/C12H22N2O3/c1-3-12(2,6-7-15)14-11(17)9-4-5-10(16)13-8-9/h9,15H,3-8H2,1-2H3,(H,13,16)(H,14,17). The zero-order chi connectivity index (χ0) is 12.9. The smallest absolute Gasteiger partial charge is 0.225 e. The number of hydrogen-bond acceptors (Lipinski definition) is 3. The molecule has 0 aromatic heterocycles. The Morgan fingerprint density at radius 3 is 2.82 bits per heavy atom. The van der Waals surface area contributed by atoms with Crippen LogP contribution in [0.4, 0.5) is 0 Å². The SMILES string of the molecule is CCC(C)(CCO)NC(=O)C1CCC(=O)NC1. The predicted molar refractivity (Wildman–Crippen MR) is 64.3 cm³/mol. The summed E-state index contributed by atoms with van der Waals surface area (Å²) in [5.74, 6) is -0.150. The molecular formula is C12H22N2O3. The summed E-state index contributed by atoms with van der Waals surface area (Å²) < 4.78 is 0. The molecule has 98 valence electrons. The highest BCUT2D eigenvalue weighted by Gasteiger charge is 2.30. The fourth-order valence-electron chi connectivity index (χ4n) is 1.93. The van der Waals surface area contributed by atoms with Crippen molar-refractivity contribution < 1.29 is 14.7 Å². The molecule has 2 atom stereocenters. The van der Waals surface area contributed by atoms with E-state index in [1.54, 1.807) is 0 Å². The minimum atomic E-state index is -0.354. The van der Waals surface area contributed by atoms with E-state index in [1.807, 2.05) is 13.8 Å². The molecule has 17 heavy (non-hydrogen) atoms. The Hall–Kier alpha value is -1.10. The van der Waals surface area contributed by atoms with E-state index in [1.165, 1.54) is 0 Å². The minimum Gasteiger partial charge on any atom is -0.396 e. The molecule has 1 saturated heterocycles. The maximum absolute atomic E-state index is 12.0. The predicted octanol–water partition coefficient (Wildman–Crippen LogP) is 0.180. The lowest BCUT2D eigenvalue weighted by Gasteiger charge is -2.32. The number of hydrogen-bond donors (Lipinski definition) is 3. The lowest BCUT2D eigenvalue weighted by molar-refractivity contribution is -0.130. The molecule has 0 aliphatic carbocycles. The zero-order valence-corrected chi connectivity index (χ0v) is 10.6. The molecule has 0 bridgehead atoms. The van der Waals surface area contributed by atoms with Gasteiger partial charge in [-0.25, -0.2) is 0 Å². The highest BCUT2D eigenvalue weighted by molar-refractivity contribution is 5.84. The molecule has 1 fully saturated rings. The van der Waals surface area contributed by atoms with Gasteiger partial charge in [0.1, 0.15) is 0 Å². The first-order valence-electron chi connectivity index (χ1n) is 6.20. The van der Waals surface area contributed by atoms with Crippen molar-refractivity contribution in [3.05, 3.63) is 0 Å². The average molecular weight is 242 g/mol. The van der Waals surface area contributed by atoms with Gasteiger partial charge in [0.05, 0.1) is 5.92 Å². The Balaban J connectivity index is 2.50. The summed E-state index contributed by atoms with van der Waals surface area (Å²) in [6.07, 6.45) is 2.35. The highest BCUT2D eigenvalue weighted by Crippen LogP contribution is 2.17. The van der Waals surface area contributed by atoms with Crippen LogP contribution in [-0.2, 0) is 9.59 Å².